The van der Waals surface area contributed by atoms with Crippen molar-refractivity contribution < 1.29 is 10.3 Å². The molecular formula is C14H21N5O2. The van der Waals surface area contributed by atoms with Gasteiger partial charge in [-0.1, -0.05) is 5.16 Å². The summed E-state index contributed by atoms with van der Waals surface area (Å²) >= 11 is 0. The standard InChI is InChI=1S/C14H21N5O2/c1-7-8(2)16-17-14(12(7)13(15)18-21)19-9-3-4-10(19)6-11(20)5-9/h9-11,20-21H,3-6H2,1-2H3,(H2,15,18). The first-order valence-corrected chi connectivity index (χ1v) is 7.31. The molecule has 0 radical (unpaired) electrons. The summed E-state index contributed by atoms with van der Waals surface area (Å²) in [5.41, 5.74) is 8.16. The number of piperidine rings is 1. The molecule has 2 fully saturated rings. The summed E-state index contributed by atoms with van der Waals surface area (Å²) in [7, 11) is 0. The van der Waals surface area contributed by atoms with E-state index < -0.39 is 0 Å². The lowest BCUT2D eigenvalue weighted by Crippen LogP contribution is -2.46. The minimum atomic E-state index is -0.245. The second-order valence-electron chi connectivity index (χ2n) is 6.01. The van der Waals surface area contributed by atoms with Crippen molar-refractivity contribution in [3.8, 4) is 0 Å². The van der Waals surface area contributed by atoms with E-state index >= 15 is 0 Å². The third kappa shape index (κ3) is 2.21. The summed E-state index contributed by atoms with van der Waals surface area (Å²) in [6, 6.07) is 0.501. The Labute approximate surface area is 123 Å². The topological polar surface area (TPSA) is 108 Å². The minimum Gasteiger partial charge on any atom is -0.409 e. The van der Waals surface area contributed by atoms with E-state index in [9.17, 15) is 5.11 Å². The summed E-state index contributed by atoms with van der Waals surface area (Å²) in [6.45, 7) is 3.76. The molecule has 114 valence electrons. The number of rotatable bonds is 2. The Kier molecular flexibility index (Phi) is 3.44. The highest BCUT2D eigenvalue weighted by Gasteiger charge is 2.42. The Balaban J connectivity index is 2.09. The number of hydrogen-bond acceptors (Lipinski definition) is 6. The van der Waals surface area contributed by atoms with Crippen LogP contribution in [0.3, 0.4) is 0 Å². The normalized spacial score (nSPS) is 29.0. The predicted octanol–water partition coefficient (Wildman–Crippen LogP) is 0.680. The maximum Gasteiger partial charge on any atom is 0.174 e. The van der Waals surface area contributed by atoms with Crippen LogP contribution in [0, 0.1) is 13.8 Å². The second kappa shape index (κ2) is 5.14. The Morgan fingerprint density at radius 3 is 2.43 bits per heavy atom. The van der Waals surface area contributed by atoms with E-state index in [1.807, 2.05) is 13.8 Å². The first-order valence-electron chi connectivity index (χ1n) is 7.31. The molecule has 21 heavy (non-hydrogen) atoms. The first kappa shape index (κ1) is 14.1. The molecule has 0 aromatic carbocycles. The third-order valence-electron chi connectivity index (χ3n) is 4.75. The Hall–Kier alpha value is -1.89. The molecule has 0 spiro atoms. The van der Waals surface area contributed by atoms with Crippen LogP contribution in [-0.2, 0) is 0 Å². The summed E-state index contributed by atoms with van der Waals surface area (Å²) in [6.07, 6.45) is 3.30. The van der Waals surface area contributed by atoms with Gasteiger partial charge in [0.15, 0.2) is 11.7 Å². The Bertz CT molecular complexity index is 575. The van der Waals surface area contributed by atoms with Crippen LogP contribution in [0.2, 0.25) is 0 Å². The molecule has 3 heterocycles. The van der Waals surface area contributed by atoms with Gasteiger partial charge in [-0.3, -0.25) is 0 Å². The maximum absolute atomic E-state index is 9.93. The van der Waals surface area contributed by atoms with Gasteiger partial charge >= 0.3 is 0 Å². The minimum absolute atomic E-state index is 0.0611. The largest absolute Gasteiger partial charge is 0.409 e. The van der Waals surface area contributed by atoms with Crippen LogP contribution in [-0.4, -0.2) is 44.5 Å². The number of amidine groups is 1. The van der Waals surface area contributed by atoms with Crippen LogP contribution >= 0.6 is 0 Å². The summed E-state index contributed by atoms with van der Waals surface area (Å²) in [5.74, 6) is 0.735. The van der Waals surface area contributed by atoms with Gasteiger partial charge in [0, 0.05) is 12.1 Å². The molecule has 2 aliphatic heterocycles. The number of hydrogen-bond donors (Lipinski definition) is 3. The molecule has 0 saturated carbocycles. The summed E-state index contributed by atoms with van der Waals surface area (Å²) in [5, 5.41) is 30.7. The van der Waals surface area contributed by atoms with Crippen molar-refractivity contribution in [2.45, 2.75) is 57.7 Å². The number of oxime groups is 1. The predicted molar refractivity (Wildman–Crippen MR) is 78.5 cm³/mol. The molecule has 2 atom stereocenters. The number of aryl methyl sites for hydroxylation is 1. The first-order chi connectivity index (χ1) is 10.0. The molecule has 2 aliphatic rings. The van der Waals surface area contributed by atoms with E-state index in [1.54, 1.807) is 0 Å². The highest BCUT2D eigenvalue weighted by molar-refractivity contribution is 6.03. The van der Waals surface area contributed by atoms with Crippen LogP contribution in [0.5, 0.6) is 0 Å². The SMILES string of the molecule is Cc1nnc(N2C3CCC2CC(O)C3)c(C(N)=NO)c1C. The molecule has 1 aromatic heterocycles. The third-order valence-corrected chi connectivity index (χ3v) is 4.75. The highest BCUT2D eigenvalue weighted by atomic mass is 16.4. The van der Waals surface area contributed by atoms with Crippen LogP contribution in [0.1, 0.15) is 42.5 Å². The van der Waals surface area contributed by atoms with Gasteiger partial charge in [-0.15, -0.1) is 5.10 Å². The fourth-order valence-corrected chi connectivity index (χ4v) is 3.63. The highest BCUT2D eigenvalue weighted by Crippen LogP contribution is 2.40. The monoisotopic (exact) mass is 291 g/mol. The molecule has 2 saturated heterocycles. The van der Waals surface area contributed by atoms with Gasteiger partial charge in [-0.2, -0.15) is 5.10 Å². The number of nitrogens with zero attached hydrogens (tertiary/aromatic N) is 4. The van der Waals surface area contributed by atoms with E-state index in [-0.39, 0.29) is 24.0 Å². The molecule has 0 aliphatic carbocycles. The van der Waals surface area contributed by atoms with Gasteiger partial charge in [0.2, 0.25) is 0 Å². The van der Waals surface area contributed by atoms with Crippen molar-refractivity contribution in [2.24, 2.45) is 10.9 Å². The van der Waals surface area contributed by atoms with Gasteiger partial charge in [0.05, 0.1) is 17.4 Å². The van der Waals surface area contributed by atoms with Gasteiger partial charge in [-0.05, 0) is 45.1 Å². The summed E-state index contributed by atoms with van der Waals surface area (Å²) < 4.78 is 0. The number of aliphatic hydroxyl groups excluding tert-OH is 1. The Morgan fingerprint density at radius 1 is 1.24 bits per heavy atom. The van der Waals surface area contributed by atoms with E-state index in [2.05, 4.69) is 20.3 Å². The van der Waals surface area contributed by atoms with Gasteiger partial charge in [0.1, 0.15) is 0 Å². The molecule has 0 amide bonds. The van der Waals surface area contributed by atoms with Crippen molar-refractivity contribution in [3.05, 3.63) is 16.8 Å². The lowest BCUT2D eigenvalue weighted by Gasteiger charge is -2.38. The van der Waals surface area contributed by atoms with Crippen LogP contribution in [0.4, 0.5) is 5.82 Å². The average molecular weight is 291 g/mol. The smallest absolute Gasteiger partial charge is 0.174 e. The van der Waals surface area contributed by atoms with Crippen molar-refractivity contribution in [1.29, 1.82) is 0 Å². The van der Waals surface area contributed by atoms with E-state index in [1.165, 1.54) is 0 Å². The quantitative estimate of drug-likeness (QED) is 0.320. The molecule has 4 N–H and O–H groups in total. The van der Waals surface area contributed by atoms with Crippen molar-refractivity contribution in [3.63, 3.8) is 0 Å². The fourth-order valence-electron chi connectivity index (χ4n) is 3.63. The van der Waals surface area contributed by atoms with Gasteiger partial charge < -0.3 is 20.9 Å². The zero-order valence-corrected chi connectivity index (χ0v) is 12.3. The zero-order chi connectivity index (χ0) is 15.1. The van der Waals surface area contributed by atoms with Crippen molar-refractivity contribution in [2.75, 3.05) is 4.90 Å². The van der Waals surface area contributed by atoms with Crippen molar-refractivity contribution >= 4 is 11.7 Å². The van der Waals surface area contributed by atoms with Crippen molar-refractivity contribution in [1.82, 2.24) is 10.2 Å². The molecular weight excluding hydrogens is 270 g/mol. The second-order valence-corrected chi connectivity index (χ2v) is 6.01. The lowest BCUT2D eigenvalue weighted by molar-refractivity contribution is 0.126. The fraction of sp³-hybridized carbons (Fsp3) is 0.643. The van der Waals surface area contributed by atoms with Crippen LogP contribution < -0.4 is 10.6 Å². The van der Waals surface area contributed by atoms with E-state index in [0.717, 1.165) is 36.9 Å². The average Bonchev–Trinajstić information content (AvgIpc) is 2.72. The van der Waals surface area contributed by atoms with Gasteiger partial charge in [-0.25, -0.2) is 0 Å². The van der Waals surface area contributed by atoms with Gasteiger partial charge in [0.25, 0.3) is 0 Å². The Morgan fingerprint density at radius 2 is 1.86 bits per heavy atom. The number of aliphatic hydroxyl groups is 1. The molecule has 3 rings (SSSR count). The molecule has 1 aromatic rings. The summed E-state index contributed by atoms with van der Waals surface area (Å²) in [4.78, 5) is 2.21. The molecule has 2 bridgehead atoms. The zero-order valence-electron chi connectivity index (χ0n) is 12.3. The number of nitrogens with two attached hydrogens (primary N) is 1. The number of aromatic nitrogens is 2. The van der Waals surface area contributed by atoms with Crippen LogP contribution in [0.15, 0.2) is 5.16 Å². The molecule has 2 unspecified atom stereocenters. The maximum atomic E-state index is 9.93. The van der Waals surface area contributed by atoms with E-state index in [0.29, 0.717) is 11.4 Å². The number of anilines is 1. The van der Waals surface area contributed by atoms with E-state index in [4.69, 9.17) is 10.9 Å². The number of fused-ring (bicyclic) bond motifs is 2. The lowest BCUT2D eigenvalue weighted by atomic mass is 9.98. The molecule has 7 nitrogen and oxygen atoms in total. The molecule has 7 heteroatoms. The van der Waals surface area contributed by atoms with Crippen LogP contribution in [0.25, 0.3) is 0 Å².